The summed E-state index contributed by atoms with van der Waals surface area (Å²) >= 11 is 6.25. The standard InChI is InChI=1S/C20H20ClNO3/c1-14-5-2-3-6-16(14)13-22-19(23)8-7-15-11-17(21)20-18(12-15)24-9-4-10-25-20/h2-3,5-8,11-12H,4,9-10,13H2,1H3,(H,22,23)/b8-7+. The maximum absolute atomic E-state index is 12.0. The van der Waals surface area contributed by atoms with Crippen molar-refractivity contribution in [3.63, 3.8) is 0 Å². The molecule has 3 rings (SSSR count). The molecule has 25 heavy (non-hydrogen) atoms. The van der Waals surface area contributed by atoms with Crippen LogP contribution in [0, 0.1) is 6.92 Å². The first-order chi connectivity index (χ1) is 12.1. The molecule has 0 aliphatic carbocycles. The van der Waals surface area contributed by atoms with Crippen molar-refractivity contribution in [2.24, 2.45) is 0 Å². The van der Waals surface area contributed by atoms with Crippen LogP contribution in [-0.4, -0.2) is 19.1 Å². The Labute approximate surface area is 152 Å². The van der Waals surface area contributed by atoms with E-state index in [2.05, 4.69) is 5.32 Å². The highest BCUT2D eigenvalue weighted by Crippen LogP contribution is 2.38. The van der Waals surface area contributed by atoms with Crippen LogP contribution in [0.2, 0.25) is 5.02 Å². The fourth-order valence-corrected chi connectivity index (χ4v) is 2.84. The van der Waals surface area contributed by atoms with Crippen LogP contribution in [0.3, 0.4) is 0 Å². The highest BCUT2D eigenvalue weighted by Gasteiger charge is 2.14. The van der Waals surface area contributed by atoms with E-state index < -0.39 is 0 Å². The number of aryl methyl sites for hydroxylation is 1. The molecule has 0 spiro atoms. The van der Waals surface area contributed by atoms with Gasteiger partial charge < -0.3 is 14.8 Å². The van der Waals surface area contributed by atoms with Crippen LogP contribution in [0.1, 0.15) is 23.1 Å². The van der Waals surface area contributed by atoms with E-state index in [9.17, 15) is 4.79 Å². The number of ether oxygens (including phenoxy) is 2. The number of rotatable bonds is 4. The third-order valence-electron chi connectivity index (χ3n) is 3.97. The minimum atomic E-state index is -0.161. The topological polar surface area (TPSA) is 47.6 Å². The second-order valence-corrected chi connectivity index (χ2v) is 6.27. The number of carbonyl (C=O) groups is 1. The molecule has 0 bridgehead atoms. The number of fused-ring (bicyclic) bond motifs is 1. The fourth-order valence-electron chi connectivity index (χ4n) is 2.57. The van der Waals surface area contributed by atoms with E-state index in [1.54, 1.807) is 12.1 Å². The fraction of sp³-hybridized carbons (Fsp3) is 0.250. The second-order valence-electron chi connectivity index (χ2n) is 5.86. The zero-order valence-electron chi connectivity index (χ0n) is 14.0. The van der Waals surface area contributed by atoms with E-state index >= 15 is 0 Å². The van der Waals surface area contributed by atoms with Crippen molar-refractivity contribution in [3.8, 4) is 11.5 Å². The molecule has 5 heteroatoms. The van der Waals surface area contributed by atoms with Crippen LogP contribution in [0.15, 0.2) is 42.5 Å². The highest BCUT2D eigenvalue weighted by atomic mass is 35.5. The number of hydrogen-bond acceptors (Lipinski definition) is 3. The van der Waals surface area contributed by atoms with Crippen LogP contribution in [-0.2, 0) is 11.3 Å². The smallest absolute Gasteiger partial charge is 0.244 e. The summed E-state index contributed by atoms with van der Waals surface area (Å²) in [6.45, 7) is 3.70. The molecule has 0 atom stereocenters. The number of halogens is 1. The van der Waals surface area contributed by atoms with Crippen molar-refractivity contribution in [2.45, 2.75) is 19.9 Å². The molecular weight excluding hydrogens is 338 g/mol. The summed E-state index contributed by atoms with van der Waals surface area (Å²) in [6, 6.07) is 11.6. The Hall–Kier alpha value is -2.46. The highest BCUT2D eigenvalue weighted by molar-refractivity contribution is 6.32. The van der Waals surface area contributed by atoms with Crippen LogP contribution in [0.4, 0.5) is 0 Å². The van der Waals surface area contributed by atoms with E-state index in [4.69, 9.17) is 21.1 Å². The van der Waals surface area contributed by atoms with Gasteiger partial charge in [0.15, 0.2) is 11.5 Å². The van der Waals surface area contributed by atoms with Crippen molar-refractivity contribution >= 4 is 23.6 Å². The summed E-state index contributed by atoms with van der Waals surface area (Å²) in [5, 5.41) is 3.37. The normalized spacial score (nSPS) is 13.5. The summed E-state index contributed by atoms with van der Waals surface area (Å²) in [7, 11) is 0. The summed E-state index contributed by atoms with van der Waals surface area (Å²) in [5.74, 6) is 1.02. The lowest BCUT2D eigenvalue weighted by molar-refractivity contribution is -0.116. The molecule has 1 N–H and O–H groups in total. The Morgan fingerprint density at radius 1 is 1.24 bits per heavy atom. The Bertz CT molecular complexity index is 802. The van der Waals surface area contributed by atoms with Crippen molar-refractivity contribution in [1.82, 2.24) is 5.32 Å². The predicted molar refractivity (Wildman–Crippen MR) is 99.1 cm³/mol. The zero-order chi connectivity index (χ0) is 17.6. The first-order valence-corrected chi connectivity index (χ1v) is 8.61. The predicted octanol–water partition coefficient (Wildman–Crippen LogP) is 4.14. The molecule has 0 unspecified atom stereocenters. The molecular formula is C20H20ClNO3. The number of amides is 1. The summed E-state index contributed by atoms with van der Waals surface area (Å²) in [6.07, 6.45) is 4.03. The molecule has 4 nitrogen and oxygen atoms in total. The van der Waals surface area contributed by atoms with Gasteiger partial charge in [0.1, 0.15) is 0 Å². The van der Waals surface area contributed by atoms with Gasteiger partial charge in [-0.3, -0.25) is 4.79 Å². The summed E-state index contributed by atoms with van der Waals surface area (Å²) < 4.78 is 11.2. The minimum absolute atomic E-state index is 0.161. The Morgan fingerprint density at radius 3 is 2.88 bits per heavy atom. The Kier molecular flexibility index (Phi) is 5.61. The molecule has 2 aromatic rings. The van der Waals surface area contributed by atoms with Gasteiger partial charge in [0.25, 0.3) is 0 Å². The average Bonchev–Trinajstić information content (AvgIpc) is 2.85. The molecule has 2 aromatic carbocycles. The average molecular weight is 358 g/mol. The van der Waals surface area contributed by atoms with Gasteiger partial charge in [-0.1, -0.05) is 35.9 Å². The molecule has 130 valence electrons. The lowest BCUT2D eigenvalue weighted by Gasteiger charge is -2.10. The van der Waals surface area contributed by atoms with E-state index in [-0.39, 0.29) is 5.91 Å². The van der Waals surface area contributed by atoms with Gasteiger partial charge in [0.2, 0.25) is 5.91 Å². The summed E-state index contributed by atoms with van der Waals surface area (Å²) in [4.78, 5) is 12.0. The van der Waals surface area contributed by atoms with Gasteiger partial charge in [0, 0.05) is 19.0 Å². The molecule has 1 heterocycles. The van der Waals surface area contributed by atoms with Crippen molar-refractivity contribution in [2.75, 3.05) is 13.2 Å². The van der Waals surface area contributed by atoms with E-state index in [1.165, 1.54) is 6.08 Å². The maximum atomic E-state index is 12.0. The van der Waals surface area contributed by atoms with Crippen molar-refractivity contribution in [1.29, 1.82) is 0 Å². The van der Waals surface area contributed by atoms with Gasteiger partial charge in [-0.05, 0) is 41.8 Å². The molecule has 0 saturated heterocycles. The molecule has 0 saturated carbocycles. The first kappa shape index (κ1) is 17.4. The molecule has 0 radical (unpaired) electrons. The SMILES string of the molecule is Cc1ccccc1CNC(=O)/C=C/c1cc(Cl)c2c(c1)OCCCO2. The summed E-state index contributed by atoms with van der Waals surface area (Å²) in [5.41, 5.74) is 3.05. The van der Waals surface area contributed by atoms with Gasteiger partial charge in [-0.2, -0.15) is 0 Å². The zero-order valence-corrected chi connectivity index (χ0v) is 14.8. The van der Waals surface area contributed by atoms with Crippen LogP contribution >= 0.6 is 11.6 Å². The van der Waals surface area contributed by atoms with Crippen molar-refractivity contribution < 1.29 is 14.3 Å². The third-order valence-corrected chi connectivity index (χ3v) is 4.25. The lowest BCUT2D eigenvalue weighted by Crippen LogP contribution is -2.20. The van der Waals surface area contributed by atoms with Crippen molar-refractivity contribution in [3.05, 3.63) is 64.2 Å². The molecule has 1 aliphatic heterocycles. The number of benzene rings is 2. The Morgan fingerprint density at radius 2 is 2.04 bits per heavy atom. The third kappa shape index (κ3) is 4.54. The maximum Gasteiger partial charge on any atom is 0.244 e. The largest absolute Gasteiger partial charge is 0.489 e. The molecule has 0 fully saturated rings. The number of hydrogen-bond donors (Lipinski definition) is 1. The first-order valence-electron chi connectivity index (χ1n) is 8.23. The Balaban J connectivity index is 1.65. The van der Waals surface area contributed by atoms with Gasteiger partial charge in [0.05, 0.1) is 18.2 Å². The molecule has 1 amide bonds. The molecule has 1 aliphatic rings. The van der Waals surface area contributed by atoms with E-state index in [1.807, 2.05) is 37.3 Å². The van der Waals surface area contributed by atoms with Gasteiger partial charge in [-0.25, -0.2) is 0 Å². The quantitative estimate of drug-likeness (QED) is 0.836. The minimum Gasteiger partial charge on any atom is -0.489 e. The van der Waals surface area contributed by atoms with E-state index in [0.29, 0.717) is 36.3 Å². The second kappa shape index (κ2) is 8.08. The van der Waals surface area contributed by atoms with Gasteiger partial charge in [-0.15, -0.1) is 0 Å². The van der Waals surface area contributed by atoms with Crippen LogP contribution < -0.4 is 14.8 Å². The lowest BCUT2D eigenvalue weighted by atomic mass is 10.1. The van der Waals surface area contributed by atoms with E-state index in [0.717, 1.165) is 23.1 Å². The van der Waals surface area contributed by atoms with Gasteiger partial charge >= 0.3 is 0 Å². The number of nitrogens with one attached hydrogen (secondary N) is 1. The monoisotopic (exact) mass is 357 g/mol. The molecule has 0 aromatic heterocycles. The number of carbonyl (C=O) groups excluding carboxylic acids is 1. The van der Waals surface area contributed by atoms with Crippen LogP contribution in [0.5, 0.6) is 11.5 Å². The van der Waals surface area contributed by atoms with Crippen LogP contribution in [0.25, 0.3) is 6.08 Å².